The lowest BCUT2D eigenvalue weighted by molar-refractivity contribution is -0.192. The predicted octanol–water partition coefficient (Wildman–Crippen LogP) is 3.81. The molecule has 1 aliphatic carbocycles. The molecule has 0 spiro atoms. The van der Waals surface area contributed by atoms with Crippen molar-refractivity contribution in [1.29, 1.82) is 0 Å². The number of carboxylic acids is 2. The van der Waals surface area contributed by atoms with Gasteiger partial charge in [0.2, 0.25) is 0 Å². The molecular formula is C23H28F3N3O4. The van der Waals surface area contributed by atoms with E-state index in [0.29, 0.717) is 12.0 Å². The van der Waals surface area contributed by atoms with E-state index in [-0.39, 0.29) is 5.56 Å². The topological polar surface area (TPSA) is 94.0 Å². The molecule has 7 nitrogen and oxygen atoms in total. The Bertz CT molecular complexity index is 919. The molecule has 4 aliphatic rings. The highest BCUT2D eigenvalue weighted by molar-refractivity contribution is 5.87. The van der Waals surface area contributed by atoms with Crippen LogP contribution < -0.4 is 4.90 Å². The van der Waals surface area contributed by atoms with Gasteiger partial charge in [-0.2, -0.15) is 13.2 Å². The quantitative estimate of drug-likeness (QED) is 0.639. The number of anilines is 1. The van der Waals surface area contributed by atoms with E-state index in [2.05, 4.69) is 20.9 Å². The lowest BCUT2D eigenvalue weighted by Gasteiger charge is -2.55. The molecule has 4 atom stereocenters. The van der Waals surface area contributed by atoms with Crippen molar-refractivity contribution in [2.24, 2.45) is 11.8 Å². The van der Waals surface area contributed by atoms with Crippen LogP contribution in [0.4, 0.5) is 19.0 Å². The molecule has 0 aromatic carbocycles. The van der Waals surface area contributed by atoms with Gasteiger partial charge >= 0.3 is 18.1 Å². The number of rotatable bonds is 2. The van der Waals surface area contributed by atoms with Gasteiger partial charge in [0.25, 0.3) is 0 Å². The van der Waals surface area contributed by atoms with E-state index in [0.717, 1.165) is 24.3 Å². The molecule has 2 N–H and O–H groups in total. The zero-order valence-corrected chi connectivity index (χ0v) is 18.2. The van der Waals surface area contributed by atoms with Crippen LogP contribution in [0.15, 0.2) is 30.0 Å². The fourth-order valence-corrected chi connectivity index (χ4v) is 5.91. The number of hydrogen-bond donors (Lipinski definition) is 2. The first-order valence-electron chi connectivity index (χ1n) is 11.4. The highest BCUT2D eigenvalue weighted by Gasteiger charge is 2.46. The maximum atomic E-state index is 11.1. The Morgan fingerprint density at radius 1 is 1.09 bits per heavy atom. The number of piperidine rings is 3. The summed E-state index contributed by atoms with van der Waals surface area (Å²) in [5.41, 5.74) is 1.88. The minimum atomic E-state index is -5.08. The Balaban J connectivity index is 0.000000325. The van der Waals surface area contributed by atoms with E-state index in [9.17, 15) is 18.0 Å². The maximum Gasteiger partial charge on any atom is 0.490 e. The Morgan fingerprint density at radius 3 is 2.48 bits per heavy atom. The molecule has 10 heteroatoms. The summed E-state index contributed by atoms with van der Waals surface area (Å²) in [7, 11) is 0. The van der Waals surface area contributed by atoms with E-state index in [1.54, 1.807) is 11.6 Å². The maximum absolute atomic E-state index is 11.1. The fourth-order valence-electron chi connectivity index (χ4n) is 5.91. The second-order valence-corrected chi connectivity index (χ2v) is 9.21. The van der Waals surface area contributed by atoms with Gasteiger partial charge in [0.1, 0.15) is 5.82 Å². The molecule has 1 aromatic heterocycles. The standard InChI is InChI=1S/C21H27N3O2.C2HF3O2/c25-21(26)15-6-7-19(22-12-15)24-9-3-4-14-10-16-11-17(20(14)24)13-23-8-2-1-5-18(16)23;3-2(4,5)1(6)7/h6-7,10,12,16-18,20H,1-5,8-9,11,13H2,(H,25,26);(H,6,7)/t16-,17+,18+,20+;/m0./s1. The van der Waals surface area contributed by atoms with Crippen LogP contribution in [-0.4, -0.2) is 69.9 Å². The first kappa shape index (κ1) is 23.5. The Hall–Kier alpha value is -2.62. The Kier molecular flexibility index (Phi) is 6.65. The van der Waals surface area contributed by atoms with Crippen molar-refractivity contribution in [1.82, 2.24) is 9.88 Å². The summed E-state index contributed by atoms with van der Waals surface area (Å²) in [5, 5.41) is 16.3. The van der Waals surface area contributed by atoms with Crippen LogP contribution in [0.3, 0.4) is 0 Å². The van der Waals surface area contributed by atoms with Crippen molar-refractivity contribution < 1.29 is 33.0 Å². The number of halogens is 3. The van der Waals surface area contributed by atoms with Gasteiger partial charge < -0.3 is 15.1 Å². The number of carbonyl (C=O) groups is 2. The molecule has 5 rings (SSSR count). The number of pyridine rings is 1. The van der Waals surface area contributed by atoms with Crippen LogP contribution in [0.5, 0.6) is 0 Å². The first-order chi connectivity index (χ1) is 15.6. The third kappa shape index (κ3) is 5.00. The minimum Gasteiger partial charge on any atom is -0.478 e. The van der Waals surface area contributed by atoms with E-state index >= 15 is 0 Å². The van der Waals surface area contributed by atoms with Gasteiger partial charge in [0.15, 0.2) is 0 Å². The van der Waals surface area contributed by atoms with E-state index in [1.807, 2.05) is 6.07 Å². The largest absolute Gasteiger partial charge is 0.490 e. The van der Waals surface area contributed by atoms with Crippen LogP contribution >= 0.6 is 0 Å². The van der Waals surface area contributed by atoms with Crippen molar-refractivity contribution in [3.8, 4) is 0 Å². The molecule has 0 amide bonds. The smallest absolute Gasteiger partial charge is 0.478 e. The number of nitrogens with zero attached hydrogens (tertiary/aromatic N) is 3. The summed E-state index contributed by atoms with van der Waals surface area (Å²) >= 11 is 0. The van der Waals surface area contributed by atoms with Crippen LogP contribution in [-0.2, 0) is 4.79 Å². The lowest BCUT2D eigenvalue weighted by Crippen LogP contribution is -2.59. The average molecular weight is 467 g/mol. The van der Waals surface area contributed by atoms with Gasteiger partial charge in [-0.25, -0.2) is 14.6 Å². The monoisotopic (exact) mass is 467 g/mol. The third-order valence-electron chi connectivity index (χ3n) is 7.19. The molecule has 33 heavy (non-hydrogen) atoms. The number of aliphatic carboxylic acids is 1. The molecule has 3 aliphatic heterocycles. The van der Waals surface area contributed by atoms with Gasteiger partial charge in [-0.3, -0.25) is 4.90 Å². The van der Waals surface area contributed by atoms with Gasteiger partial charge in [-0.1, -0.05) is 18.1 Å². The van der Waals surface area contributed by atoms with Crippen LogP contribution in [0, 0.1) is 11.8 Å². The van der Waals surface area contributed by atoms with Crippen molar-refractivity contribution in [3.63, 3.8) is 0 Å². The molecule has 0 radical (unpaired) electrons. The molecule has 180 valence electrons. The highest BCUT2D eigenvalue weighted by atomic mass is 19.4. The normalized spacial score (nSPS) is 29.1. The molecule has 0 unspecified atom stereocenters. The van der Waals surface area contributed by atoms with Crippen molar-refractivity contribution in [2.75, 3.05) is 24.5 Å². The second kappa shape index (κ2) is 9.32. The zero-order chi connectivity index (χ0) is 23.8. The Labute approximate surface area is 189 Å². The number of carboxylic acid groups (broad SMARTS) is 2. The summed E-state index contributed by atoms with van der Waals surface area (Å²) in [5.74, 6) is -1.32. The summed E-state index contributed by atoms with van der Waals surface area (Å²) in [6, 6.07) is 4.81. The molecule has 3 fully saturated rings. The van der Waals surface area contributed by atoms with Gasteiger partial charge in [0.05, 0.1) is 11.6 Å². The fraction of sp³-hybridized carbons (Fsp3) is 0.609. The summed E-state index contributed by atoms with van der Waals surface area (Å²) in [6.45, 7) is 3.50. The first-order valence-corrected chi connectivity index (χ1v) is 11.4. The second-order valence-electron chi connectivity index (χ2n) is 9.21. The summed E-state index contributed by atoms with van der Waals surface area (Å²) in [4.78, 5) is 29.7. The van der Waals surface area contributed by atoms with E-state index in [1.165, 1.54) is 57.8 Å². The zero-order valence-electron chi connectivity index (χ0n) is 18.2. The summed E-state index contributed by atoms with van der Waals surface area (Å²) < 4.78 is 31.7. The number of aromatic carboxylic acids is 1. The molecule has 3 saturated heterocycles. The van der Waals surface area contributed by atoms with Crippen molar-refractivity contribution in [3.05, 3.63) is 35.5 Å². The van der Waals surface area contributed by atoms with Crippen molar-refractivity contribution in [2.45, 2.75) is 56.8 Å². The van der Waals surface area contributed by atoms with Gasteiger partial charge in [-0.15, -0.1) is 0 Å². The van der Waals surface area contributed by atoms with Gasteiger partial charge in [0, 0.05) is 25.3 Å². The van der Waals surface area contributed by atoms with Gasteiger partial charge in [-0.05, 0) is 62.6 Å². The van der Waals surface area contributed by atoms with Crippen LogP contribution in [0.1, 0.15) is 48.9 Å². The number of hydrogen-bond acceptors (Lipinski definition) is 5. The van der Waals surface area contributed by atoms with E-state index in [4.69, 9.17) is 15.0 Å². The summed E-state index contributed by atoms with van der Waals surface area (Å²) in [6.07, 6.45) is 6.82. The number of fused-ring (bicyclic) bond motifs is 6. The number of alkyl halides is 3. The predicted molar refractivity (Wildman–Crippen MR) is 114 cm³/mol. The number of aromatic nitrogens is 1. The minimum absolute atomic E-state index is 0.263. The SMILES string of the molecule is O=C(O)C(F)(F)F.O=C(O)c1ccc(N2CCCC3=C[C@H]4C[C@H](CN5CCCC[C@H]45)[C@@H]32)nc1. The molecule has 4 heterocycles. The molecular weight excluding hydrogens is 439 g/mol. The third-order valence-corrected chi connectivity index (χ3v) is 7.19. The lowest BCUT2D eigenvalue weighted by atomic mass is 9.68. The van der Waals surface area contributed by atoms with E-state index < -0.39 is 18.1 Å². The highest BCUT2D eigenvalue weighted by Crippen LogP contribution is 2.45. The van der Waals surface area contributed by atoms with Crippen LogP contribution in [0.25, 0.3) is 0 Å². The van der Waals surface area contributed by atoms with Crippen LogP contribution in [0.2, 0.25) is 0 Å². The molecule has 2 bridgehead atoms. The molecule has 0 saturated carbocycles. The average Bonchev–Trinajstić information content (AvgIpc) is 2.78. The Morgan fingerprint density at radius 2 is 1.85 bits per heavy atom. The van der Waals surface area contributed by atoms with Crippen molar-refractivity contribution >= 4 is 17.8 Å². The molecule has 1 aromatic rings.